The van der Waals surface area contributed by atoms with Gasteiger partial charge in [0.2, 0.25) is 5.91 Å². The van der Waals surface area contributed by atoms with Gasteiger partial charge in [-0.1, -0.05) is 0 Å². The fourth-order valence-electron chi connectivity index (χ4n) is 3.75. The highest BCUT2D eigenvalue weighted by atomic mass is 16.5. The molecule has 0 saturated carbocycles. The SMILES string of the molecule is COc1ccc(OC)c(NC(=O)CN2CCCC2c2cc(OC)ccc2OC)c1. The third-order valence-corrected chi connectivity index (χ3v) is 5.19. The van der Waals surface area contributed by atoms with Crippen LogP contribution < -0.4 is 24.3 Å². The number of likely N-dealkylation sites (tertiary alicyclic amines) is 1. The zero-order chi connectivity index (χ0) is 20.8. The number of hydrogen-bond donors (Lipinski definition) is 1. The highest BCUT2D eigenvalue weighted by Gasteiger charge is 2.30. The van der Waals surface area contributed by atoms with Crippen molar-refractivity contribution < 1.29 is 23.7 Å². The first-order chi connectivity index (χ1) is 14.1. The third-order valence-electron chi connectivity index (χ3n) is 5.19. The molecule has 29 heavy (non-hydrogen) atoms. The second-order valence-electron chi connectivity index (χ2n) is 6.85. The molecule has 0 radical (unpaired) electrons. The molecule has 0 aliphatic carbocycles. The third kappa shape index (κ3) is 4.74. The highest BCUT2D eigenvalue weighted by molar-refractivity contribution is 5.94. The molecule has 0 aromatic heterocycles. The van der Waals surface area contributed by atoms with E-state index in [2.05, 4.69) is 10.2 Å². The Hall–Kier alpha value is -2.93. The number of hydrogen-bond acceptors (Lipinski definition) is 6. The first-order valence-corrected chi connectivity index (χ1v) is 9.57. The summed E-state index contributed by atoms with van der Waals surface area (Å²) in [6.07, 6.45) is 1.97. The molecule has 1 aliphatic rings. The molecule has 3 rings (SSSR count). The van der Waals surface area contributed by atoms with Gasteiger partial charge in [0.05, 0.1) is 40.7 Å². The lowest BCUT2D eigenvalue weighted by Crippen LogP contribution is -2.33. The number of amides is 1. The van der Waals surface area contributed by atoms with Crippen molar-refractivity contribution in [2.45, 2.75) is 18.9 Å². The summed E-state index contributed by atoms with van der Waals surface area (Å²) in [6.45, 7) is 1.11. The topological polar surface area (TPSA) is 69.3 Å². The van der Waals surface area contributed by atoms with Crippen LogP contribution in [0.15, 0.2) is 36.4 Å². The normalized spacial score (nSPS) is 16.3. The van der Waals surface area contributed by atoms with E-state index in [4.69, 9.17) is 18.9 Å². The van der Waals surface area contributed by atoms with E-state index >= 15 is 0 Å². The van der Waals surface area contributed by atoms with Gasteiger partial charge in [-0.15, -0.1) is 0 Å². The minimum Gasteiger partial charge on any atom is -0.497 e. The van der Waals surface area contributed by atoms with E-state index in [1.165, 1.54) is 0 Å². The lowest BCUT2D eigenvalue weighted by molar-refractivity contribution is -0.117. The summed E-state index contributed by atoms with van der Waals surface area (Å²) in [7, 11) is 6.46. The van der Waals surface area contributed by atoms with Crippen molar-refractivity contribution in [1.82, 2.24) is 4.90 Å². The molecule has 2 aromatic carbocycles. The lowest BCUT2D eigenvalue weighted by Gasteiger charge is -2.26. The van der Waals surface area contributed by atoms with E-state index in [0.29, 0.717) is 17.2 Å². The van der Waals surface area contributed by atoms with Gasteiger partial charge in [-0.25, -0.2) is 0 Å². The zero-order valence-electron chi connectivity index (χ0n) is 17.4. The molecule has 1 N–H and O–H groups in total. The van der Waals surface area contributed by atoms with Gasteiger partial charge in [0, 0.05) is 17.7 Å². The van der Waals surface area contributed by atoms with Gasteiger partial charge in [0.1, 0.15) is 23.0 Å². The first-order valence-electron chi connectivity index (χ1n) is 9.57. The summed E-state index contributed by atoms with van der Waals surface area (Å²) in [5.74, 6) is 2.72. The summed E-state index contributed by atoms with van der Waals surface area (Å²) in [5.41, 5.74) is 1.63. The number of rotatable bonds is 8. The lowest BCUT2D eigenvalue weighted by atomic mass is 10.0. The molecule has 7 nitrogen and oxygen atoms in total. The fourth-order valence-corrected chi connectivity index (χ4v) is 3.75. The van der Waals surface area contributed by atoms with Gasteiger partial charge in [-0.2, -0.15) is 0 Å². The second-order valence-corrected chi connectivity index (χ2v) is 6.85. The van der Waals surface area contributed by atoms with Gasteiger partial charge >= 0.3 is 0 Å². The van der Waals surface area contributed by atoms with Crippen molar-refractivity contribution in [2.75, 3.05) is 46.8 Å². The number of nitrogens with one attached hydrogen (secondary N) is 1. The second kappa shape index (κ2) is 9.52. The maximum Gasteiger partial charge on any atom is 0.238 e. The molecular formula is C22H28N2O5. The number of carbonyl (C=O) groups is 1. The predicted molar refractivity (Wildman–Crippen MR) is 111 cm³/mol. The molecule has 1 heterocycles. The van der Waals surface area contributed by atoms with Crippen LogP contribution in [0.4, 0.5) is 5.69 Å². The number of methoxy groups -OCH3 is 4. The molecule has 1 unspecified atom stereocenters. The van der Waals surface area contributed by atoms with E-state index in [1.807, 2.05) is 18.2 Å². The summed E-state index contributed by atoms with van der Waals surface area (Å²) in [6, 6.07) is 11.2. The van der Waals surface area contributed by atoms with E-state index in [9.17, 15) is 4.79 Å². The van der Waals surface area contributed by atoms with Gasteiger partial charge < -0.3 is 24.3 Å². The van der Waals surface area contributed by atoms with Gasteiger partial charge in [0.15, 0.2) is 0 Å². The number of anilines is 1. The van der Waals surface area contributed by atoms with Crippen LogP contribution in [0.2, 0.25) is 0 Å². The predicted octanol–water partition coefficient (Wildman–Crippen LogP) is 3.50. The molecule has 1 fully saturated rings. The highest BCUT2D eigenvalue weighted by Crippen LogP contribution is 2.39. The molecule has 1 amide bonds. The molecule has 1 atom stereocenters. The standard InChI is InChI=1S/C22H28N2O5/c1-26-15-7-9-20(28-3)17(12-15)19-6-5-11-24(19)14-22(25)23-18-13-16(27-2)8-10-21(18)29-4/h7-10,12-13,19H,5-6,11,14H2,1-4H3,(H,23,25). The van der Waals surface area contributed by atoms with Gasteiger partial charge in [-0.05, 0) is 49.7 Å². The Bertz CT molecular complexity index is 855. The molecule has 2 aromatic rings. The van der Waals surface area contributed by atoms with Crippen LogP contribution in [0.3, 0.4) is 0 Å². The van der Waals surface area contributed by atoms with Crippen molar-refractivity contribution >= 4 is 11.6 Å². The van der Waals surface area contributed by atoms with Crippen LogP contribution in [0, 0.1) is 0 Å². The Morgan fingerprint density at radius 2 is 1.62 bits per heavy atom. The molecule has 156 valence electrons. The minimum absolute atomic E-state index is 0.0954. The smallest absolute Gasteiger partial charge is 0.238 e. The quantitative estimate of drug-likeness (QED) is 0.732. The van der Waals surface area contributed by atoms with Crippen LogP contribution in [0.1, 0.15) is 24.4 Å². The maximum absolute atomic E-state index is 12.8. The number of carbonyl (C=O) groups excluding carboxylic acids is 1. The minimum atomic E-state index is -0.106. The van der Waals surface area contributed by atoms with Crippen LogP contribution in [0.5, 0.6) is 23.0 Å². The van der Waals surface area contributed by atoms with Crippen molar-refractivity contribution in [3.8, 4) is 23.0 Å². The summed E-state index contributed by atoms with van der Waals surface area (Å²) in [5, 5.41) is 2.94. The Balaban J connectivity index is 1.76. The van der Waals surface area contributed by atoms with Gasteiger partial charge in [0.25, 0.3) is 0 Å². The fraction of sp³-hybridized carbons (Fsp3) is 0.409. The van der Waals surface area contributed by atoms with Crippen LogP contribution in [-0.4, -0.2) is 52.3 Å². The number of benzene rings is 2. The molecule has 1 aliphatic heterocycles. The molecular weight excluding hydrogens is 372 g/mol. The van der Waals surface area contributed by atoms with E-state index < -0.39 is 0 Å². The Morgan fingerprint density at radius 1 is 0.966 bits per heavy atom. The zero-order valence-corrected chi connectivity index (χ0v) is 17.4. The molecule has 0 spiro atoms. The molecule has 1 saturated heterocycles. The average molecular weight is 400 g/mol. The first kappa shape index (κ1) is 20.8. The Morgan fingerprint density at radius 3 is 2.28 bits per heavy atom. The molecule has 7 heteroatoms. The summed E-state index contributed by atoms with van der Waals surface area (Å²) in [4.78, 5) is 15.0. The number of ether oxygens (including phenoxy) is 4. The van der Waals surface area contributed by atoms with Crippen LogP contribution >= 0.6 is 0 Å². The largest absolute Gasteiger partial charge is 0.497 e. The molecule has 0 bridgehead atoms. The van der Waals surface area contributed by atoms with E-state index in [0.717, 1.165) is 36.4 Å². The van der Waals surface area contributed by atoms with Crippen molar-refractivity contribution in [3.63, 3.8) is 0 Å². The van der Waals surface area contributed by atoms with Crippen molar-refractivity contribution in [2.24, 2.45) is 0 Å². The van der Waals surface area contributed by atoms with Crippen molar-refractivity contribution in [3.05, 3.63) is 42.0 Å². The van der Waals surface area contributed by atoms with Crippen LogP contribution in [0.25, 0.3) is 0 Å². The summed E-state index contributed by atoms with van der Waals surface area (Å²) >= 11 is 0. The summed E-state index contributed by atoms with van der Waals surface area (Å²) < 4.78 is 21.5. The van der Waals surface area contributed by atoms with E-state index in [1.54, 1.807) is 46.6 Å². The van der Waals surface area contributed by atoms with Gasteiger partial charge in [-0.3, -0.25) is 9.69 Å². The van der Waals surface area contributed by atoms with Crippen LogP contribution in [-0.2, 0) is 4.79 Å². The Labute approximate surface area is 171 Å². The average Bonchev–Trinajstić information content (AvgIpc) is 3.20. The Kier molecular flexibility index (Phi) is 6.82. The van der Waals surface area contributed by atoms with E-state index in [-0.39, 0.29) is 18.5 Å². The number of nitrogens with zero attached hydrogens (tertiary/aromatic N) is 1. The monoisotopic (exact) mass is 400 g/mol. The van der Waals surface area contributed by atoms with Crippen molar-refractivity contribution in [1.29, 1.82) is 0 Å². The maximum atomic E-state index is 12.8.